The number of ether oxygens (including phenoxy) is 1. The van der Waals surface area contributed by atoms with Crippen molar-refractivity contribution in [2.24, 2.45) is 0 Å². The predicted molar refractivity (Wildman–Crippen MR) is 80.1 cm³/mol. The lowest BCUT2D eigenvalue weighted by atomic mass is 10.0. The van der Waals surface area contributed by atoms with Gasteiger partial charge in [0.2, 0.25) is 0 Å². The molecule has 20 heavy (non-hydrogen) atoms. The van der Waals surface area contributed by atoms with Crippen molar-refractivity contribution in [3.8, 4) is 5.75 Å². The van der Waals surface area contributed by atoms with Gasteiger partial charge in [-0.2, -0.15) is 0 Å². The van der Waals surface area contributed by atoms with Crippen LogP contribution in [-0.4, -0.2) is 14.2 Å². The topological polar surface area (TPSA) is 34.4 Å². The summed E-state index contributed by atoms with van der Waals surface area (Å²) in [6.45, 7) is 0. The first-order chi connectivity index (χ1) is 9.81. The first-order valence-electron chi connectivity index (χ1n) is 6.60. The molecule has 0 spiro atoms. The van der Waals surface area contributed by atoms with E-state index in [0.29, 0.717) is 0 Å². The number of methoxy groups -OCH3 is 1. The summed E-state index contributed by atoms with van der Waals surface area (Å²) in [6, 6.07) is 16.5. The van der Waals surface area contributed by atoms with Crippen LogP contribution in [0.1, 0.15) is 17.4 Å². The van der Waals surface area contributed by atoms with E-state index in [9.17, 15) is 0 Å². The predicted octanol–water partition coefficient (Wildman–Crippen LogP) is 3.75. The molecule has 1 atom stereocenters. The van der Waals surface area contributed by atoms with Crippen LogP contribution in [0.25, 0.3) is 10.8 Å². The van der Waals surface area contributed by atoms with E-state index in [2.05, 4.69) is 29.6 Å². The summed E-state index contributed by atoms with van der Waals surface area (Å²) < 4.78 is 10.8. The van der Waals surface area contributed by atoms with Crippen molar-refractivity contribution in [1.29, 1.82) is 0 Å². The highest BCUT2D eigenvalue weighted by Crippen LogP contribution is 2.27. The van der Waals surface area contributed by atoms with Crippen LogP contribution in [0.15, 0.2) is 59.2 Å². The Morgan fingerprint density at radius 2 is 1.85 bits per heavy atom. The summed E-state index contributed by atoms with van der Waals surface area (Å²) in [5.41, 5.74) is 1.18. The fraction of sp³-hybridized carbons (Fsp3) is 0.176. The van der Waals surface area contributed by atoms with Crippen LogP contribution in [0.3, 0.4) is 0 Å². The minimum Gasteiger partial charge on any atom is -0.497 e. The minimum absolute atomic E-state index is 0.0662. The van der Waals surface area contributed by atoms with Crippen molar-refractivity contribution >= 4 is 10.8 Å². The Morgan fingerprint density at radius 1 is 1.05 bits per heavy atom. The van der Waals surface area contributed by atoms with E-state index in [-0.39, 0.29) is 6.04 Å². The number of rotatable bonds is 4. The second-order valence-corrected chi connectivity index (χ2v) is 4.71. The molecular weight excluding hydrogens is 250 g/mol. The Balaban J connectivity index is 2.04. The smallest absolute Gasteiger partial charge is 0.125 e. The number of hydrogen-bond donors (Lipinski definition) is 1. The molecule has 0 fully saturated rings. The molecule has 2 aromatic carbocycles. The second kappa shape index (κ2) is 5.39. The van der Waals surface area contributed by atoms with E-state index < -0.39 is 0 Å². The van der Waals surface area contributed by atoms with Gasteiger partial charge in [0, 0.05) is 0 Å². The van der Waals surface area contributed by atoms with Gasteiger partial charge in [-0.25, -0.2) is 0 Å². The van der Waals surface area contributed by atoms with E-state index in [1.54, 1.807) is 13.4 Å². The van der Waals surface area contributed by atoms with Gasteiger partial charge in [-0.1, -0.05) is 18.2 Å². The lowest BCUT2D eigenvalue weighted by molar-refractivity contribution is 0.415. The molecule has 0 aliphatic rings. The molecule has 1 unspecified atom stereocenters. The highest BCUT2D eigenvalue weighted by molar-refractivity contribution is 5.84. The average molecular weight is 267 g/mol. The Labute approximate surface area is 118 Å². The van der Waals surface area contributed by atoms with Crippen molar-refractivity contribution in [3.63, 3.8) is 0 Å². The third-order valence-corrected chi connectivity index (χ3v) is 3.52. The molecule has 3 heteroatoms. The molecule has 1 N–H and O–H groups in total. The molecule has 1 aromatic heterocycles. The number of fused-ring (bicyclic) bond motifs is 1. The van der Waals surface area contributed by atoms with Gasteiger partial charge < -0.3 is 14.5 Å². The lowest BCUT2D eigenvalue weighted by Crippen LogP contribution is -2.16. The number of benzene rings is 2. The first-order valence-corrected chi connectivity index (χ1v) is 6.60. The third kappa shape index (κ3) is 2.28. The van der Waals surface area contributed by atoms with Crippen molar-refractivity contribution in [2.75, 3.05) is 14.2 Å². The SMILES string of the molecule is CNC(c1ccc2cc(OC)ccc2c1)c1ccco1. The van der Waals surface area contributed by atoms with Crippen LogP contribution in [0.2, 0.25) is 0 Å². The molecule has 3 aromatic rings. The molecule has 0 aliphatic heterocycles. The highest BCUT2D eigenvalue weighted by Gasteiger charge is 2.14. The lowest BCUT2D eigenvalue weighted by Gasteiger charge is -2.15. The molecule has 0 bridgehead atoms. The van der Waals surface area contributed by atoms with Gasteiger partial charge >= 0.3 is 0 Å². The number of nitrogens with one attached hydrogen (secondary N) is 1. The van der Waals surface area contributed by atoms with Crippen molar-refractivity contribution in [1.82, 2.24) is 5.32 Å². The molecule has 102 valence electrons. The van der Waals surface area contributed by atoms with Crippen LogP contribution in [0.5, 0.6) is 5.75 Å². The van der Waals surface area contributed by atoms with E-state index in [1.807, 2.05) is 31.3 Å². The Hall–Kier alpha value is -2.26. The van der Waals surface area contributed by atoms with E-state index in [0.717, 1.165) is 11.5 Å². The standard InChI is InChI=1S/C17H17NO2/c1-18-17(16-4-3-9-20-16)14-6-5-13-11-15(19-2)8-7-12(13)10-14/h3-11,17-18H,1-2H3. The highest BCUT2D eigenvalue weighted by atomic mass is 16.5. The molecule has 3 rings (SSSR count). The zero-order valence-electron chi connectivity index (χ0n) is 11.6. The molecular formula is C17H17NO2. The van der Waals surface area contributed by atoms with Gasteiger partial charge in [0.1, 0.15) is 11.5 Å². The maximum absolute atomic E-state index is 5.51. The van der Waals surface area contributed by atoms with Crippen molar-refractivity contribution in [3.05, 3.63) is 66.1 Å². The van der Waals surface area contributed by atoms with Gasteiger partial charge in [0.05, 0.1) is 19.4 Å². The van der Waals surface area contributed by atoms with E-state index >= 15 is 0 Å². The van der Waals surface area contributed by atoms with Gasteiger partial charge in [-0.15, -0.1) is 0 Å². The summed E-state index contributed by atoms with van der Waals surface area (Å²) in [5.74, 6) is 1.79. The van der Waals surface area contributed by atoms with Gasteiger partial charge in [0.25, 0.3) is 0 Å². The second-order valence-electron chi connectivity index (χ2n) is 4.71. The average Bonchev–Trinajstić information content (AvgIpc) is 3.01. The summed E-state index contributed by atoms with van der Waals surface area (Å²) >= 11 is 0. The fourth-order valence-corrected chi connectivity index (χ4v) is 2.48. The summed E-state index contributed by atoms with van der Waals surface area (Å²) in [4.78, 5) is 0. The monoisotopic (exact) mass is 267 g/mol. The Bertz CT molecular complexity index is 704. The number of hydrogen-bond acceptors (Lipinski definition) is 3. The molecule has 1 heterocycles. The zero-order valence-corrected chi connectivity index (χ0v) is 11.6. The fourth-order valence-electron chi connectivity index (χ4n) is 2.48. The Kier molecular flexibility index (Phi) is 3.44. The van der Waals surface area contributed by atoms with Gasteiger partial charge in [-0.3, -0.25) is 0 Å². The van der Waals surface area contributed by atoms with Gasteiger partial charge in [-0.05, 0) is 53.7 Å². The van der Waals surface area contributed by atoms with Crippen LogP contribution in [0.4, 0.5) is 0 Å². The van der Waals surface area contributed by atoms with Crippen molar-refractivity contribution < 1.29 is 9.15 Å². The molecule has 0 radical (unpaired) electrons. The minimum atomic E-state index is 0.0662. The zero-order chi connectivity index (χ0) is 13.9. The van der Waals surface area contributed by atoms with Crippen LogP contribution in [0, 0.1) is 0 Å². The Morgan fingerprint density at radius 3 is 2.55 bits per heavy atom. The van der Waals surface area contributed by atoms with Gasteiger partial charge in [0.15, 0.2) is 0 Å². The first kappa shape index (κ1) is 12.8. The largest absolute Gasteiger partial charge is 0.497 e. The molecule has 3 nitrogen and oxygen atoms in total. The summed E-state index contributed by atoms with van der Waals surface area (Å²) in [7, 11) is 3.62. The van der Waals surface area contributed by atoms with Crippen molar-refractivity contribution in [2.45, 2.75) is 6.04 Å². The third-order valence-electron chi connectivity index (χ3n) is 3.52. The molecule has 0 saturated heterocycles. The quantitative estimate of drug-likeness (QED) is 0.781. The van der Waals surface area contributed by atoms with E-state index in [1.165, 1.54) is 16.3 Å². The maximum atomic E-state index is 5.51. The molecule has 0 saturated carbocycles. The molecule has 0 aliphatic carbocycles. The maximum Gasteiger partial charge on any atom is 0.125 e. The summed E-state index contributed by atoms with van der Waals surface area (Å²) in [5, 5.41) is 5.65. The molecule has 0 amide bonds. The summed E-state index contributed by atoms with van der Waals surface area (Å²) in [6.07, 6.45) is 1.70. The number of furan rings is 1. The normalized spacial score (nSPS) is 12.5. The van der Waals surface area contributed by atoms with Crippen LogP contribution < -0.4 is 10.1 Å². The van der Waals surface area contributed by atoms with Crippen LogP contribution in [-0.2, 0) is 0 Å². The van der Waals surface area contributed by atoms with E-state index in [4.69, 9.17) is 9.15 Å². The van der Waals surface area contributed by atoms with Crippen LogP contribution >= 0.6 is 0 Å².